The first-order chi connectivity index (χ1) is 4.25. The molecule has 0 aliphatic heterocycles. The van der Waals surface area contributed by atoms with Gasteiger partial charge in [0.05, 0.1) is 6.07 Å². The molecule has 0 aromatic rings. The molecule has 1 rings (SSSR count). The van der Waals surface area contributed by atoms with Crippen LogP contribution < -0.4 is 0 Å². The smallest absolute Gasteiger partial charge is 0.108 e. The Labute approximate surface area is 62.0 Å². The number of alkyl halides is 2. The van der Waals surface area contributed by atoms with Crippen molar-refractivity contribution in [3.63, 3.8) is 0 Å². The molecule has 0 amide bonds. The van der Waals surface area contributed by atoms with E-state index in [9.17, 15) is 4.39 Å². The summed E-state index contributed by atoms with van der Waals surface area (Å²) in [4.78, 5) is 0. The van der Waals surface area contributed by atoms with Crippen molar-refractivity contribution in [2.24, 2.45) is 5.41 Å². The van der Waals surface area contributed by atoms with Crippen molar-refractivity contribution in [3.8, 4) is 6.07 Å². The SMILES string of the molecule is N#CCC1(CBr)CC1F. The van der Waals surface area contributed by atoms with E-state index in [-0.39, 0.29) is 5.41 Å². The monoisotopic (exact) mass is 191 g/mol. The van der Waals surface area contributed by atoms with Crippen molar-refractivity contribution in [2.45, 2.75) is 19.0 Å². The molecule has 1 nitrogen and oxygen atoms in total. The third-order valence-corrected chi connectivity index (χ3v) is 2.90. The number of rotatable bonds is 2. The molecule has 1 aliphatic rings. The van der Waals surface area contributed by atoms with E-state index in [1.54, 1.807) is 0 Å². The van der Waals surface area contributed by atoms with Crippen LogP contribution in [-0.4, -0.2) is 11.5 Å². The van der Waals surface area contributed by atoms with E-state index in [0.29, 0.717) is 18.2 Å². The predicted octanol–water partition coefficient (Wildman–Crippen LogP) is 2.02. The number of hydrogen-bond acceptors (Lipinski definition) is 1. The molecule has 0 aromatic heterocycles. The summed E-state index contributed by atoms with van der Waals surface area (Å²) >= 11 is 3.18. The number of nitrogens with zero attached hydrogens (tertiary/aromatic N) is 1. The fourth-order valence-electron chi connectivity index (χ4n) is 0.824. The average molecular weight is 192 g/mol. The summed E-state index contributed by atoms with van der Waals surface area (Å²) in [5.74, 6) is 0. The Bertz CT molecular complexity index is 150. The van der Waals surface area contributed by atoms with E-state index in [0.717, 1.165) is 0 Å². The summed E-state index contributed by atoms with van der Waals surface area (Å²) < 4.78 is 12.4. The largest absolute Gasteiger partial charge is 0.247 e. The normalized spacial score (nSPS) is 39.9. The average Bonchev–Trinajstić information content (AvgIpc) is 2.45. The molecule has 0 spiro atoms. The maximum Gasteiger partial charge on any atom is 0.108 e. The molecule has 3 heteroatoms. The second-order valence-electron chi connectivity index (χ2n) is 2.50. The zero-order chi connectivity index (χ0) is 6.91. The summed E-state index contributed by atoms with van der Waals surface area (Å²) in [5.41, 5.74) is -0.311. The molecule has 0 radical (unpaired) electrons. The van der Waals surface area contributed by atoms with Crippen molar-refractivity contribution in [2.75, 3.05) is 5.33 Å². The third kappa shape index (κ3) is 1.09. The molecule has 0 heterocycles. The Balaban J connectivity index is 2.44. The van der Waals surface area contributed by atoms with Crippen LogP contribution in [0, 0.1) is 16.7 Å². The predicted molar refractivity (Wildman–Crippen MR) is 36.0 cm³/mol. The lowest BCUT2D eigenvalue weighted by Crippen LogP contribution is -2.04. The van der Waals surface area contributed by atoms with E-state index < -0.39 is 6.17 Å². The number of halogens is 2. The minimum absolute atomic E-state index is 0.311. The second kappa shape index (κ2) is 2.26. The van der Waals surface area contributed by atoms with Gasteiger partial charge in [-0.3, -0.25) is 0 Å². The van der Waals surface area contributed by atoms with Gasteiger partial charge in [0.2, 0.25) is 0 Å². The van der Waals surface area contributed by atoms with Gasteiger partial charge in [-0.25, -0.2) is 4.39 Å². The first-order valence-electron chi connectivity index (χ1n) is 2.82. The van der Waals surface area contributed by atoms with Gasteiger partial charge in [0.25, 0.3) is 0 Å². The van der Waals surface area contributed by atoms with Crippen LogP contribution in [0.3, 0.4) is 0 Å². The molecular weight excluding hydrogens is 185 g/mol. The Morgan fingerprint density at radius 3 is 2.56 bits per heavy atom. The lowest BCUT2D eigenvalue weighted by Gasteiger charge is -2.02. The summed E-state index contributed by atoms with van der Waals surface area (Å²) in [6.07, 6.45) is 0.169. The standard InChI is InChI=1S/C6H7BrFN/c7-4-6(1-2-9)3-5(6)8/h5H,1,3-4H2. The fraction of sp³-hybridized carbons (Fsp3) is 0.833. The molecule has 1 fully saturated rings. The first-order valence-corrected chi connectivity index (χ1v) is 3.94. The third-order valence-electron chi connectivity index (χ3n) is 1.79. The van der Waals surface area contributed by atoms with Crippen LogP contribution in [0.15, 0.2) is 0 Å². The van der Waals surface area contributed by atoms with Crippen molar-refractivity contribution >= 4 is 15.9 Å². The molecule has 1 saturated carbocycles. The fourth-order valence-corrected chi connectivity index (χ4v) is 1.60. The second-order valence-corrected chi connectivity index (χ2v) is 3.06. The van der Waals surface area contributed by atoms with Gasteiger partial charge in [-0.05, 0) is 6.42 Å². The van der Waals surface area contributed by atoms with E-state index in [2.05, 4.69) is 15.9 Å². The van der Waals surface area contributed by atoms with Crippen molar-refractivity contribution < 1.29 is 4.39 Å². The van der Waals surface area contributed by atoms with Crippen LogP contribution in [0.5, 0.6) is 0 Å². The summed E-state index contributed by atoms with van der Waals surface area (Å²) in [6, 6.07) is 1.98. The van der Waals surface area contributed by atoms with Gasteiger partial charge in [-0.1, -0.05) is 15.9 Å². The molecule has 2 unspecified atom stereocenters. The molecule has 0 bridgehead atoms. The van der Waals surface area contributed by atoms with E-state index in [4.69, 9.17) is 5.26 Å². The van der Waals surface area contributed by atoms with Gasteiger partial charge in [0.15, 0.2) is 0 Å². The zero-order valence-electron chi connectivity index (χ0n) is 4.90. The highest BCUT2D eigenvalue weighted by molar-refractivity contribution is 9.09. The highest BCUT2D eigenvalue weighted by atomic mass is 79.9. The first kappa shape index (κ1) is 7.01. The Hall–Kier alpha value is -0.100. The van der Waals surface area contributed by atoms with Crippen LogP contribution >= 0.6 is 15.9 Å². The number of hydrogen-bond donors (Lipinski definition) is 0. The summed E-state index contributed by atoms with van der Waals surface area (Å²) in [5, 5.41) is 8.87. The van der Waals surface area contributed by atoms with E-state index in [1.807, 2.05) is 6.07 Å². The Morgan fingerprint density at radius 1 is 1.89 bits per heavy atom. The van der Waals surface area contributed by atoms with Gasteiger partial charge < -0.3 is 0 Å². The molecule has 9 heavy (non-hydrogen) atoms. The van der Waals surface area contributed by atoms with Crippen LogP contribution in [0.25, 0.3) is 0 Å². The van der Waals surface area contributed by atoms with Crippen molar-refractivity contribution in [1.29, 1.82) is 5.26 Å². The zero-order valence-corrected chi connectivity index (χ0v) is 6.49. The van der Waals surface area contributed by atoms with Crippen LogP contribution in [0.1, 0.15) is 12.8 Å². The molecular formula is C6H7BrFN. The van der Waals surface area contributed by atoms with Gasteiger partial charge in [0.1, 0.15) is 6.17 Å². The lowest BCUT2D eigenvalue weighted by atomic mass is 10.1. The molecule has 50 valence electrons. The summed E-state index contributed by atoms with van der Waals surface area (Å²) in [6.45, 7) is 0. The van der Waals surface area contributed by atoms with Crippen molar-refractivity contribution in [1.82, 2.24) is 0 Å². The lowest BCUT2D eigenvalue weighted by molar-refractivity contribution is 0.388. The van der Waals surface area contributed by atoms with Gasteiger partial charge in [-0.2, -0.15) is 5.26 Å². The molecule has 0 aromatic carbocycles. The van der Waals surface area contributed by atoms with Gasteiger partial charge in [-0.15, -0.1) is 0 Å². The van der Waals surface area contributed by atoms with E-state index in [1.165, 1.54) is 0 Å². The molecule has 0 saturated heterocycles. The minimum Gasteiger partial charge on any atom is -0.247 e. The van der Waals surface area contributed by atoms with Crippen LogP contribution in [-0.2, 0) is 0 Å². The maximum atomic E-state index is 12.4. The molecule has 2 atom stereocenters. The summed E-state index contributed by atoms with van der Waals surface area (Å²) in [7, 11) is 0. The molecule has 1 aliphatic carbocycles. The quantitative estimate of drug-likeness (QED) is 0.614. The number of nitriles is 1. The van der Waals surface area contributed by atoms with Gasteiger partial charge >= 0.3 is 0 Å². The minimum atomic E-state index is -0.739. The maximum absolute atomic E-state index is 12.4. The highest BCUT2D eigenvalue weighted by Gasteiger charge is 2.54. The molecule has 0 N–H and O–H groups in total. The Morgan fingerprint density at radius 2 is 2.44 bits per heavy atom. The van der Waals surface area contributed by atoms with Crippen LogP contribution in [0.2, 0.25) is 0 Å². The highest BCUT2D eigenvalue weighted by Crippen LogP contribution is 2.52. The van der Waals surface area contributed by atoms with Gasteiger partial charge in [0, 0.05) is 17.2 Å². The van der Waals surface area contributed by atoms with Crippen molar-refractivity contribution in [3.05, 3.63) is 0 Å². The van der Waals surface area contributed by atoms with E-state index >= 15 is 0 Å². The van der Waals surface area contributed by atoms with Crippen LogP contribution in [0.4, 0.5) is 4.39 Å². The topological polar surface area (TPSA) is 23.8 Å². The Kier molecular flexibility index (Phi) is 1.76.